The predicted octanol–water partition coefficient (Wildman–Crippen LogP) is 2.58. The van der Waals surface area contributed by atoms with E-state index in [1.54, 1.807) is 0 Å². The van der Waals surface area contributed by atoms with Gasteiger partial charge in [-0.05, 0) is 18.6 Å². The summed E-state index contributed by atoms with van der Waals surface area (Å²) in [7, 11) is 0. The van der Waals surface area contributed by atoms with Gasteiger partial charge in [0.25, 0.3) is 0 Å². The van der Waals surface area contributed by atoms with Crippen molar-refractivity contribution in [3.8, 4) is 0 Å². The molecule has 14 heavy (non-hydrogen) atoms. The number of amides is 1. The lowest BCUT2D eigenvalue weighted by Crippen LogP contribution is -2.27. The molecule has 1 N–H and O–H groups in total. The van der Waals surface area contributed by atoms with Gasteiger partial charge >= 0.3 is 0 Å². The third-order valence-electron chi connectivity index (χ3n) is 2.55. The van der Waals surface area contributed by atoms with Gasteiger partial charge in [0.15, 0.2) is 0 Å². The molecule has 82 valence electrons. The fourth-order valence-electron chi connectivity index (χ4n) is 1.66. The van der Waals surface area contributed by atoms with Crippen LogP contribution in [-0.4, -0.2) is 23.5 Å². The molecule has 1 heterocycles. The molecule has 1 amide bonds. The van der Waals surface area contributed by atoms with Crippen LogP contribution in [0, 0.1) is 0 Å². The number of thioether (sulfide) groups is 1. The zero-order valence-electron chi connectivity index (χ0n) is 9.05. The van der Waals surface area contributed by atoms with Crippen molar-refractivity contribution in [2.75, 3.05) is 11.5 Å². The minimum atomic E-state index is 0.238. The minimum absolute atomic E-state index is 0.238. The van der Waals surface area contributed by atoms with E-state index in [1.165, 1.54) is 31.4 Å². The van der Waals surface area contributed by atoms with E-state index in [9.17, 15) is 4.79 Å². The molecule has 0 radical (unpaired) electrons. The molecule has 2 nitrogen and oxygen atoms in total. The summed E-state index contributed by atoms with van der Waals surface area (Å²) in [6.45, 7) is 2.24. The van der Waals surface area contributed by atoms with E-state index in [2.05, 4.69) is 12.2 Å². The summed E-state index contributed by atoms with van der Waals surface area (Å²) < 4.78 is 0. The van der Waals surface area contributed by atoms with Crippen LogP contribution in [0.3, 0.4) is 0 Å². The summed E-state index contributed by atoms with van der Waals surface area (Å²) in [5.74, 6) is 2.60. The Balaban J connectivity index is 1.86. The normalized spacial score (nSPS) is 21.2. The summed E-state index contributed by atoms with van der Waals surface area (Å²) in [6, 6.07) is 0.457. The molecule has 0 aliphatic carbocycles. The van der Waals surface area contributed by atoms with Crippen LogP contribution in [0.1, 0.15) is 45.4 Å². The summed E-state index contributed by atoms with van der Waals surface area (Å²) in [5, 5.41) is 3.00. The third-order valence-corrected chi connectivity index (χ3v) is 3.76. The fourth-order valence-corrected chi connectivity index (χ4v) is 2.77. The van der Waals surface area contributed by atoms with E-state index in [1.807, 2.05) is 11.8 Å². The smallest absolute Gasteiger partial charge is 0.220 e. The molecule has 1 aliphatic rings. The molecule has 1 rings (SSSR count). The Morgan fingerprint density at radius 2 is 2.29 bits per heavy atom. The zero-order valence-corrected chi connectivity index (χ0v) is 9.87. The lowest BCUT2D eigenvalue weighted by atomic mass is 10.2. The molecule has 0 aromatic rings. The van der Waals surface area contributed by atoms with Gasteiger partial charge in [0.1, 0.15) is 0 Å². The zero-order chi connectivity index (χ0) is 10.2. The van der Waals surface area contributed by atoms with Crippen LogP contribution in [0.2, 0.25) is 0 Å². The molecule has 1 aliphatic heterocycles. The van der Waals surface area contributed by atoms with Crippen LogP contribution in [0.25, 0.3) is 0 Å². The summed E-state index contributed by atoms with van der Waals surface area (Å²) >= 11 is 1.99. The van der Waals surface area contributed by atoms with Crippen LogP contribution >= 0.6 is 11.8 Å². The Morgan fingerprint density at radius 3 is 2.93 bits per heavy atom. The first kappa shape index (κ1) is 11.9. The largest absolute Gasteiger partial charge is 0.353 e. The third kappa shape index (κ3) is 4.89. The van der Waals surface area contributed by atoms with Crippen molar-refractivity contribution in [1.82, 2.24) is 5.32 Å². The Bertz CT molecular complexity index is 173. The number of hydrogen-bond donors (Lipinski definition) is 1. The lowest BCUT2D eigenvalue weighted by molar-refractivity contribution is -0.119. The molecular formula is C11H21NOS. The van der Waals surface area contributed by atoms with Gasteiger partial charge < -0.3 is 5.32 Å². The molecule has 0 saturated carbocycles. The van der Waals surface area contributed by atoms with Crippen LogP contribution in [0.4, 0.5) is 0 Å². The number of nitrogens with one attached hydrogen (secondary N) is 1. The molecule has 1 atom stereocenters. The highest BCUT2D eigenvalue weighted by Gasteiger charge is 2.19. The number of carbonyl (C=O) groups is 1. The van der Waals surface area contributed by atoms with Crippen molar-refractivity contribution in [2.24, 2.45) is 0 Å². The van der Waals surface area contributed by atoms with E-state index in [-0.39, 0.29) is 5.91 Å². The van der Waals surface area contributed by atoms with E-state index in [4.69, 9.17) is 0 Å². The van der Waals surface area contributed by atoms with E-state index >= 15 is 0 Å². The highest BCUT2D eigenvalue weighted by molar-refractivity contribution is 7.99. The molecule has 3 heteroatoms. The van der Waals surface area contributed by atoms with Crippen LogP contribution < -0.4 is 5.32 Å². The average molecular weight is 215 g/mol. The lowest BCUT2D eigenvalue weighted by Gasteiger charge is -2.08. The molecule has 1 fully saturated rings. The van der Waals surface area contributed by atoms with E-state index < -0.39 is 0 Å². The van der Waals surface area contributed by atoms with Crippen molar-refractivity contribution in [2.45, 2.75) is 51.5 Å². The first-order chi connectivity index (χ1) is 6.83. The maximum atomic E-state index is 10.9. The highest BCUT2D eigenvalue weighted by Crippen LogP contribution is 2.14. The summed E-state index contributed by atoms with van der Waals surface area (Å²) in [6.07, 6.45) is 7.14. The highest BCUT2D eigenvalue weighted by atomic mass is 32.2. The molecule has 0 aromatic heterocycles. The Kier molecular flexibility index (Phi) is 6.08. The van der Waals surface area contributed by atoms with Crippen molar-refractivity contribution in [3.05, 3.63) is 0 Å². The topological polar surface area (TPSA) is 29.1 Å². The van der Waals surface area contributed by atoms with Gasteiger partial charge in [-0.3, -0.25) is 4.79 Å². The van der Waals surface area contributed by atoms with Gasteiger partial charge in [0.05, 0.1) is 0 Å². The van der Waals surface area contributed by atoms with Crippen molar-refractivity contribution in [3.63, 3.8) is 0 Å². The Labute approximate surface area is 91.2 Å². The average Bonchev–Trinajstić information content (AvgIpc) is 2.58. The van der Waals surface area contributed by atoms with Gasteiger partial charge in [-0.1, -0.05) is 26.2 Å². The second-order valence-electron chi connectivity index (χ2n) is 3.94. The predicted molar refractivity (Wildman–Crippen MR) is 62.6 cm³/mol. The minimum Gasteiger partial charge on any atom is -0.353 e. The fraction of sp³-hybridized carbons (Fsp3) is 0.909. The molecule has 1 saturated heterocycles. The Morgan fingerprint density at radius 1 is 1.43 bits per heavy atom. The maximum absolute atomic E-state index is 10.9. The summed E-state index contributed by atoms with van der Waals surface area (Å²) in [4.78, 5) is 10.9. The SMILES string of the molecule is CCCCCCSCC1CCC(=O)N1. The van der Waals surface area contributed by atoms with Gasteiger partial charge in [-0.15, -0.1) is 0 Å². The van der Waals surface area contributed by atoms with Crippen molar-refractivity contribution in [1.29, 1.82) is 0 Å². The van der Waals surface area contributed by atoms with Gasteiger partial charge in [0.2, 0.25) is 5.91 Å². The number of unbranched alkanes of at least 4 members (excludes halogenated alkanes) is 3. The Hall–Kier alpha value is -0.180. The second-order valence-corrected chi connectivity index (χ2v) is 5.09. The van der Waals surface area contributed by atoms with Crippen LogP contribution in [0.5, 0.6) is 0 Å². The van der Waals surface area contributed by atoms with Gasteiger partial charge in [-0.25, -0.2) is 0 Å². The van der Waals surface area contributed by atoms with Crippen LogP contribution in [0.15, 0.2) is 0 Å². The van der Waals surface area contributed by atoms with Gasteiger partial charge in [-0.2, -0.15) is 11.8 Å². The first-order valence-corrected chi connectivity index (χ1v) is 6.85. The number of rotatable bonds is 7. The van der Waals surface area contributed by atoms with Crippen molar-refractivity contribution < 1.29 is 4.79 Å². The molecule has 0 aromatic carbocycles. The molecule has 0 spiro atoms. The quantitative estimate of drug-likeness (QED) is 0.661. The van der Waals surface area contributed by atoms with E-state index in [0.717, 1.165) is 18.6 Å². The van der Waals surface area contributed by atoms with Crippen molar-refractivity contribution >= 4 is 17.7 Å². The number of carbonyl (C=O) groups excluding carboxylic acids is 1. The van der Waals surface area contributed by atoms with E-state index in [0.29, 0.717) is 6.04 Å². The van der Waals surface area contributed by atoms with Crippen LogP contribution in [-0.2, 0) is 4.79 Å². The first-order valence-electron chi connectivity index (χ1n) is 5.70. The molecule has 1 unspecified atom stereocenters. The number of hydrogen-bond acceptors (Lipinski definition) is 2. The van der Waals surface area contributed by atoms with Gasteiger partial charge in [0, 0.05) is 18.2 Å². The standard InChI is InChI=1S/C11H21NOS/c1-2-3-4-5-8-14-9-10-6-7-11(13)12-10/h10H,2-9H2,1H3,(H,12,13). The molecule has 0 bridgehead atoms. The monoisotopic (exact) mass is 215 g/mol. The summed E-state index contributed by atoms with van der Waals surface area (Å²) in [5.41, 5.74) is 0. The second kappa shape index (κ2) is 7.16. The maximum Gasteiger partial charge on any atom is 0.220 e. The molecular weight excluding hydrogens is 194 g/mol.